The highest BCUT2D eigenvalue weighted by atomic mass is 16.4. The van der Waals surface area contributed by atoms with Crippen LogP contribution in [0.25, 0.3) is 0 Å². The Morgan fingerprint density at radius 2 is 2.07 bits per heavy atom. The van der Waals surface area contributed by atoms with Gasteiger partial charge >= 0.3 is 5.97 Å². The van der Waals surface area contributed by atoms with Gasteiger partial charge in [-0.15, -0.1) is 0 Å². The standard InChI is InChI=1S/C11H15NO3/c1-11(2,10(14)15)9(13)7-4-3-5-8(12)6-7/h3-6,9,13H,12H2,1-2H3,(H,14,15). The van der Waals surface area contributed by atoms with Crippen molar-refractivity contribution in [2.24, 2.45) is 5.41 Å². The molecule has 0 saturated carbocycles. The van der Waals surface area contributed by atoms with Crippen molar-refractivity contribution in [3.8, 4) is 0 Å². The van der Waals surface area contributed by atoms with Crippen molar-refractivity contribution in [2.45, 2.75) is 20.0 Å². The highest BCUT2D eigenvalue weighted by Gasteiger charge is 2.36. The molecule has 4 heteroatoms. The first-order chi connectivity index (χ1) is 6.85. The molecule has 0 aliphatic heterocycles. The number of carboxylic acid groups (broad SMARTS) is 1. The molecule has 15 heavy (non-hydrogen) atoms. The van der Waals surface area contributed by atoms with Crippen LogP contribution in [0.5, 0.6) is 0 Å². The van der Waals surface area contributed by atoms with Gasteiger partial charge in [0.1, 0.15) is 0 Å². The summed E-state index contributed by atoms with van der Waals surface area (Å²) in [5.41, 5.74) is 5.35. The minimum Gasteiger partial charge on any atom is -0.481 e. The number of carbonyl (C=O) groups is 1. The molecule has 0 radical (unpaired) electrons. The van der Waals surface area contributed by atoms with E-state index in [4.69, 9.17) is 10.8 Å². The molecule has 0 saturated heterocycles. The highest BCUT2D eigenvalue weighted by Crippen LogP contribution is 2.33. The van der Waals surface area contributed by atoms with Gasteiger partial charge in [-0.1, -0.05) is 12.1 Å². The number of aliphatic hydroxyl groups excluding tert-OH is 1. The van der Waals surface area contributed by atoms with Crippen molar-refractivity contribution < 1.29 is 15.0 Å². The molecule has 0 aliphatic carbocycles. The molecule has 1 atom stereocenters. The molecule has 0 aliphatic rings. The molecule has 4 N–H and O–H groups in total. The van der Waals surface area contributed by atoms with Crippen LogP contribution >= 0.6 is 0 Å². The van der Waals surface area contributed by atoms with E-state index in [2.05, 4.69) is 0 Å². The van der Waals surface area contributed by atoms with Crippen LogP contribution < -0.4 is 5.73 Å². The predicted octanol–water partition coefficient (Wildman–Crippen LogP) is 1.41. The Morgan fingerprint density at radius 3 is 2.53 bits per heavy atom. The van der Waals surface area contributed by atoms with Crippen molar-refractivity contribution in [1.82, 2.24) is 0 Å². The largest absolute Gasteiger partial charge is 0.481 e. The highest BCUT2D eigenvalue weighted by molar-refractivity contribution is 5.74. The SMILES string of the molecule is CC(C)(C(=O)O)C(O)c1cccc(N)c1. The van der Waals surface area contributed by atoms with Gasteiger partial charge in [-0.2, -0.15) is 0 Å². The zero-order chi connectivity index (χ0) is 11.6. The maximum Gasteiger partial charge on any atom is 0.312 e. The van der Waals surface area contributed by atoms with Crippen molar-refractivity contribution in [2.75, 3.05) is 5.73 Å². The summed E-state index contributed by atoms with van der Waals surface area (Å²) in [7, 11) is 0. The lowest BCUT2D eigenvalue weighted by Crippen LogP contribution is -2.31. The van der Waals surface area contributed by atoms with E-state index in [0.29, 0.717) is 11.3 Å². The fourth-order valence-electron chi connectivity index (χ4n) is 1.26. The number of aliphatic carboxylic acids is 1. The van der Waals surface area contributed by atoms with Crippen LogP contribution in [-0.2, 0) is 4.79 Å². The van der Waals surface area contributed by atoms with Crippen molar-refractivity contribution in [1.29, 1.82) is 0 Å². The average molecular weight is 209 g/mol. The molecule has 0 fully saturated rings. The Morgan fingerprint density at radius 1 is 1.47 bits per heavy atom. The third-order valence-corrected chi connectivity index (χ3v) is 2.46. The number of aliphatic hydroxyl groups is 1. The summed E-state index contributed by atoms with van der Waals surface area (Å²) in [6.07, 6.45) is -1.07. The Hall–Kier alpha value is -1.55. The van der Waals surface area contributed by atoms with E-state index >= 15 is 0 Å². The number of rotatable bonds is 3. The monoisotopic (exact) mass is 209 g/mol. The normalized spacial score (nSPS) is 13.5. The molecule has 0 spiro atoms. The number of hydrogen-bond donors (Lipinski definition) is 3. The van der Waals surface area contributed by atoms with Crippen molar-refractivity contribution in [3.05, 3.63) is 29.8 Å². The van der Waals surface area contributed by atoms with E-state index in [1.807, 2.05) is 0 Å². The summed E-state index contributed by atoms with van der Waals surface area (Å²) in [4.78, 5) is 10.9. The maximum absolute atomic E-state index is 10.9. The second-order valence-electron chi connectivity index (χ2n) is 4.10. The minimum atomic E-state index is -1.23. The summed E-state index contributed by atoms with van der Waals surface area (Å²) in [6.45, 7) is 2.95. The molecule has 1 aromatic rings. The Kier molecular flexibility index (Phi) is 3.00. The number of benzene rings is 1. The first-order valence-electron chi connectivity index (χ1n) is 4.62. The molecule has 1 rings (SSSR count). The van der Waals surface area contributed by atoms with Crippen molar-refractivity contribution in [3.63, 3.8) is 0 Å². The molecule has 82 valence electrons. The summed E-state index contributed by atoms with van der Waals surface area (Å²) in [5, 5.41) is 18.9. The fourth-order valence-corrected chi connectivity index (χ4v) is 1.26. The number of anilines is 1. The van der Waals surface area contributed by atoms with Gasteiger partial charge in [0.2, 0.25) is 0 Å². The van der Waals surface area contributed by atoms with Gasteiger partial charge in [-0.3, -0.25) is 4.79 Å². The minimum absolute atomic E-state index is 0.507. The lowest BCUT2D eigenvalue weighted by Gasteiger charge is -2.26. The molecule has 0 bridgehead atoms. The van der Waals surface area contributed by atoms with Gasteiger partial charge in [0, 0.05) is 5.69 Å². The maximum atomic E-state index is 10.9. The van der Waals surface area contributed by atoms with E-state index in [1.165, 1.54) is 13.8 Å². The molecule has 0 heterocycles. The first-order valence-corrected chi connectivity index (χ1v) is 4.62. The number of nitrogens with two attached hydrogens (primary N) is 1. The average Bonchev–Trinajstić information content (AvgIpc) is 2.16. The van der Waals surface area contributed by atoms with E-state index < -0.39 is 17.5 Å². The summed E-state index contributed by atoms with van der Waals surface area (Å²) in [5.74, 6) is -1.04. The van der Waals surface area contributed by atoms with Crippen LogP contribution in [0, 0.1) is 5.41 Å². The fraction of sp³-hybridized carbons (Fsp3) is 0.364. The molecule has 0 aromatic heterocycles. The van der Waals surface area contributed by atoms with E-state index in [9.17, 15) is 9.90 Å². The number of nitrogen functional groups attached to an aromatic ring is 1. The van der Waals surface area contributed by atoms with Crippen LogP contribution in [-0.4, -0.2) is 16.2 Å². The van der Waals surface area contributed by atoms with Crippen LogP contribution in [0.4, 0.5) is 5.69 Å². The van der Waals surface area contributed by atoms with Gasteiger partial charge in [-0.05, 0) is 31.5 Å². The summed E-state index contributed by atoms with van der Waals surface area (Å²) >= 11 is 0. The van der Waals surface area contributed by atoms with Crippen molar-refractivity contribution >= 4 is 11.7 Å². The molecule has 0 amide bonds. The second-order valence-corrected chi connectivity index (χ2v) is 4.10. The van der Waals surface area contributed by atoms with Gasteiger partial charge in [0.05, 0.1) is 11.5 Å². The first kappa shape index (κ1) is 11.5. The van der Waals surface area contributed by atoms with Gasteiger partial charge in [-0.25, -0.2) is 0 Å². The van der Waals surface area contributed by atoms with E-state index in [-0.39, 0.29) is 0 Å². The summed E-state index contributed by atoms with van der Waals surface area (Å²) in [6, 6.07) is 6.61. The van der Waals surface area contributed by atoms with Crippen LogP contribution in [0.3, 0.4) is 0 Å². The van der Waals surface area contributed by atoms with E-state index in [0.717, 1.165) is 0 Å². The Labute approximate surface area is 88.3 Å². The molecular weight excluding hydrogens is 194 g/mol. The Bertz CT molecular complexity index is 374. The van der Waals surface area contributed by atoms with Crippen LogP contribution in [0.15, 0.2) is 24.3 Å². The quantitative estimate of drug-likeness (QED) is 0.657. The Balaban J connectivity index is 3.04. The molecular formula is C11H15NO3. The van der Waals surface area contributed by atoms with Gasteiger partial charge in [0.25, 0.3) is 0 Å². The number of carboxylic acids is 1. The second kappa shape index (κ2) is 3.90. The van der Waals surface area contributed by atoms with Gasteiger partial charge in [0.15, 0.2) is 0 Å². The van der Waals surface area contributed by atoms with E-state index in [1.54, 1.807) is 24.3 Å². The number of hydrogen-bond acceptors (Lipinski definition) is 3. The van der Waals surface area contributed by atoms with Crippen LogP contribution in [0.2, 0.25) is 0 Å². The lowest BCUT2D eigenvalue weighted by atomic mass is 9.83. The molecule has 1 aromatic carbocycles. The topological polar surface area (TPSA) is 83.5 Å². The molecule has 1 unspecified atom stereocenters. The lowest BCUT2D eigenvalue weighted by molar-refractivity contribution is -0.153. The summed E-state index contributed by atoms with van der Waals surface area (Å²) < 4.78 is 0. The van der Waals surface area contributed by atoms with Crippen LogP contribution in [0.1, 0.15) is 25.5 Å². The smallest absolute Gasteiger partial charge is 0.312 e. The zero-order valence-corrected chi connectivity index (χ0v) is 8.77. The predicted molar refractivity (Wildman–Crippen MR) is 57.2 cm³/mol. The van der Waals surface area contributed by atoms with Gasteiger partial charge < -0.3 is 15.9 Å². The zero-order valence-electron chi connectivity index (χ0n) is 8.77. The third kappa shape index (κ3) is 2.27. The molecule has 4 nitrogen and oxygen atoms in total. The third-order valence-electron chi connectivity index (χ3n) is 2.46.